The van der Waals surface area contributed by atoms with E-state index in [2.05, 4.69) is 15.8 Å². The Balaban J connectivity index is 2.44. The minimum Gasteiger partial charge on any atom is -0.478 e. The Morgan fingerprint density at radius 3 is 2.48 bits per heavy atom. The number of hydrogen-bond acceptors (Lipinski definition) is 5. The van der Waals surface area contributed by atoms with Gasteiger partial charge >= 0.3 is 17.8 Å². The zero-order valence-electron chi connectivity index (χ0n) is 11.3. The highest BCUT2D eigenvalue weighted by molar-refractivity contribution is 6.35. The van der Waals surface area contributed by atoms with Crippen LogP contribution >= 0.6 is 0 Å². The number of carboxylic acids is 1. The fourth-order valence-corrected chi connectivity index (χ4v) is 1.27. The monoisotopic (exact) mass is 293 g/mol. The van der Waals surface area contributed by atoms with E-state index in [0.717, 1.165) is 0 Å². The summed E-state index contributed by atoms with van der Waals surface area (Å²) in [5.74, 6) is -2.74. The molecule has 112 valence electrons. The van der Waals surface area contributed by atoms with Gasteiger partial charge in [0.1, 0.15) is 0 Å². The highest BCUT2D eigenvalue weighted by atomic mass is 16.5. The summed E-state index contributed by atoms with van der Waals surface area (Å²) in [4.78, 5) is 33.2. The Labute approximate surface area is 120 Å². The largest absolute Gasteiger partial charge is 0.478 e. The molecule has 0 radical (unpaired) electrons. The van der Waals surface area contributed by atoms with Crippen LogP contribution in [0, 0.1) is 0 Å². The average Bonchev–Trinajstić information content (AvgIpc) is 2.47. The van der Waals surface area contributed by atoms with E-state index in [0.29, 0.717) is 12.2 Å². The van der Waals surface area contributed by atoms with E-state index in [4.69, 9.17) is 9.84 Å². The molecule has 1 rings (SSSR count). The van der Waals surface area contributed by atoms with Crippen molar-refractivity contribution in [2.75, 3.05) is 20.3 Å². The number of methoxy groups -OCH3 is 1. The number of carbonyl (C=O) groups excluding carboxylic acids is 2. The molecule has 0 fully saturated rings. The molecular weight excluding hydrogens is 278 g/mol. The van der Waals surface area contributed by atoms with Crippen molar-refractivity contribution in [1.82, 2.24) is 10.7 Å². The van der Waals surface area contributed by atoms with Crippen LogP contribution in [0.5, 0.6) is 0 Å². The highest BCUT2D eigenvalue weighted by Crippen LogP contribution is 2.01. The number of ether oxygens (including phenoxy) is 1. The summed E-state index contributed by atoms with van der Waals surface area (Å²) < 4.78 is 4.72. The van der Waals surface area contributed by atoms with Gasteiger partial charge in [-0.2, -0.15) is 5.10 Å². The number of benzene rings is 1. The maximum absolute atomic E-state index is 11.3. The lowest BCUT2D eigenvalue weighted by Gasteiger charge is -2.02. The molecule has 8 nitrogen and oxygen atoms in total. The van der Waals surface area contributed by atoms with Gasteiger partial charge in [-0.3, -0.25) is 9.59 Å². The van der Waals surface area contributed by atoms with E-state index in [9.17, 15) is 14.4 Å². The van der Waals surface area contributed by atoms with Crippen LogP contribution in [0.4, 0.5) is 0 Å². The van der Waals surface area contributed by atoms with Gasteiger partial charge in [-0.25, -0.2) is 10.2 Å². The van der Waals surface area contributed by atoms with Crippen LogP contribution in [0.3, 0.4) is 0 Å². The molecule has 3 N–H and O–H groups in total. The molecule has 0 saturated carbocycles. The Kier molecular flexibility index (Phi) is 6.55. The highest BCUT2D eigenvalue weighted by Gasteiger charge is 2.11. The topological polar surface area (TPSA) is 117 Å². The third-order valence-corrected chi connectivity index (χ3v) is 2.34. The quantitative estimate of drug-likeness (QED) is 0.285. The van der Waals surface area contributed by atoms with E-state index >= 15 is 0 Å². The maximum atomic E-state index is 11.3. The van der Waals surface area contributed by atoms with Gasteiger partial charge in [-0.1, -0.05) is 12.1 Å². The molecule has 8 heteroatoms. The van der Waals surface area contributed by atoms with E-state index in [-0.39, 0.29) is 12.1 Å². The standard InChI is InChI=1S/C13H15N3O5/c1-21-7-6-14-11(17)12(18)16-15-8-9-2-4-10(5-3-9)13(19)20/h2-5,8H,6-7H2,1H3,(H,14,17)(H,16,18)(H,19,20)/b15-8-. The molecular formula is C13H15N3O5. The van der Waals surface area contributed by atoms with Crippen molar-refractivity contribution in [2.45, 2.75) is 0 Å². The van der Waals surface area contributed by atoms with Crippen molar-refractivity contribution in [3.05, 3.63) is 35.4 Å². The number of carbonyl (C=O) groups is 3. The van der Waals surface area contributed by atoms with E-state index in [1.165, 1.54) is 37.6 Å². The number of aromatic carboxylic acids is 1. The van der Waals surface area contributed by atoms with Crippen LogP contribution in [0.2, 0.25) is 0 Å². The molecule has 0 aliphatic rings. The number of hydrogen-bond donors (Lipinski definition) is 3. The second-order valence-corrected chi connectivity index (χ2v) is 3.87. The van der Waals surface area contributed by atoms with Gasteiger partial charge in [0, 0.05) is 13.7 Å². The van der Waals surface area contributed by atoms with Crippen molar-refractivity contribution in [3.8, 4) is 0 Å². The van der Waals surface area contributed by atoms with Gasteiger partial charge in [0.2, 0.25) is 0 Å². The van der Waals surface area contributed by atoms with Crippen molar-refractivity contribution in [2.24, 2.45) is 5.10 Å². The first kappa shape index (κ1) is 16.3. The molecule has 0 heterocycles. The lowest BCUT2D eigenvalue weighted by atomic mass is 10.1. The summed E-state index contributed by atoms with van der Waals surface area (Å²) >= 11 is 0. The van der Waals surface area contributed by atoms with Gasteiger partial charge in [-0.15, -0.1) is 0 Å². The number of nitrogens with zero attached hydrogens (tertiary/aromatic N) is 1. The molecule has 1 aromatic carbocycles. The second kappa shape index (κ2) is 8.43. The lowest BCUT2D eigenvalue weighted by Crippen LogP contribution is -2.39. The number of amides is 2. The zero-order valence-corrected chi connectivity index (χ0v) is 11.3. The van der Waals surface area contributed by atoms with Gasteiger partial charge in [-0.05, 0) is 17.7 Å². The summed E-state index contributed by atoms with van der Waals surface area (Å²) in [6.07, 6.45) is 1.30. The molecule has 0 unspecified atom stereocenters. The summed E-state index contributed by atoms with van der Waals surface area (Å²) in [7, 11) is 1.48. The average molecular weight is 293 g/mol. The third kappa shape index (κ3) is 5.83. The number of carboxylic acid groups (broad SMARTS) is 1. The first-order valence-corrected chi connectivity index (χ1v) is 5.98. The molecule has 0 spiro atoms. The smallest absolute Gasteiger partial charge is 0.335 e. The molecule has 0 aliphatic carbocycles. The predicted molar refractivity (Wildman–Crippen MR) is 74.0 cm³/mol. The fraction of sp³-hybridized carbons (Fsp3) is 0.231. The minimum atomic E-state index is -1.03. The molecule has 21 heavy (non-hydrogen) atoms. The van der Waals surface area contributed by atoms with Crippen LogP contribution in [0.25, 0.3) is 0 Å². The maximum Gasteiger partial charge on any atom is 0.335 e. The molecule has 0 atom stereocenters. The van der Waals surface area contributed by atoms with E-state index in [1.54, 1.807) is 0 Å². The number of hydrazone groups is 1. The summed E-state index contributed by atoms with van der Waals surface area (Å²) in [5.41, 5.74) is 2.79. The van der Waals surface area contributed by atoms with Gasteiger partial charge in [0.15, 0.2) is 0 Å². The van der Waals surface area contributed by atoms with Crippen LogP contribution in [-0.2, 0) is 14.3 Å². The number of nitrogens with one attached hydrogen (secondary N) is 2. The Morgan fingerprint density at radius 1 is 1.24 bits per heavy atom. The molecule has 0 aliphatic heterocycles. The molecule has 0 aromatic heterocycles. The van der Waals surface area contributed by atoms with Crippen molar-refractivity contribution >= 4 is 24.0 Å². The van der Waals surface area contributed by atoms with Crippen LogP contribution < -0.4 is 10.7 Å². The van der Waals surface area contributed by atoms with Crippen molar-refractivity contribution < 1.29 is 24.2 Å². The van der Waals surface area contributed by atoms with Crippen LogP contribution in [-0.4, -0.2) is 49.4 Å². The molecule has 2 amide bonds. The first-order valence-electron chi connectivity index (χ1n) is 5.98. The summed E-state index contributed by atoms with van der Waals surface area (Å²) in [6, 6.07) is 5.86. The molecule has 1 aromatic rings. The fourth-order valence-electron chi connectivity index (χ4n) is 1.27. The first-order chi connectivity index (χ1) is 10.0. The minimum absolute atomic E-state index is 0.147. The van der Waals surface area contributed by atoms with Gasteiger partial charge in [0.25, 0.3) is 0 Å². The summed E-state index contributed by atoms with van der Waals surface area (Å²) in [6.45, 7) is 0.529. The predicted octanol–water partition coefficient (Wildman–Crippen LogP) is -0.402. The SMILES string of the molecule is COCCNC(=O)C(=O)N/N=C\c1ccc(C(=O)O)cc1. The van der Waals surface area contributed by atoms with E-state index < -0.39 is 17.8 Å². The number of rotatable bonds is 6. The van der Waals surface area contributed by atoms with Crippen LogP contribution in [0.15, 0.2) is 29.4 Å². The molecule has 0 saturated heterocycles. The van der Waals surface area contributed by atoms with Gasteiger partial charge in [0.05, 0.1) is 18.4 Å². The normalized spacial score (nSPS) is 10.3. The second-order valence-electron chi connectivity index (χ2n) is 3.87. The van der Waals surface area contributed by atoms with Gasteiger partial charge < -0.3 is 15.2 Å². The van der Waals surface area contributed by atoms with Crippen molar-refractivity contribution in [1.29, 1.82) is 0 Å². The Bertz CT molecular complexity index is 539. The lowest BCUT2D eigenvalue weighted by molar-refractivity contribution is -0.139. The van der Waals surface area contributed by atoms with Crippen molar-refractivity contribution in [3.63, 3.8) is 0 Å². The van der Waals surface area contributed by atoms with E-state index in [1.807, 2.05) is 0 Å². The Hall–Kier alpha value is -2.74. The summed E-state index contributed by atoms with van der Waals surface area (Å²) in [5, 5.41) is 14.7. The third-order valence-electron chi connectivity index (χ3n) is 2.34. The van der Waals surface area contributed by atoms with Crippen LogP contribution in [0.1, 0.15) is 15.9 Å². The molecule has 0 bridgehead atoms. The zero-order chi connectivity index (χ0) is 15.7. The Morgan fingerprint density at radius 2 is 1.90 bits per heavy atom.